The van der Waals surface area contributed by atoms with Gasteiger partial charge in [0, 0.05) is 6.54 Å². The summed E-state index contributed by atoms with van der Waals surface area (Å²) in [5, 5.41) is 16.7. The van der Waals surface area contributed by atoms with E-state index in [1.54, 1.807) is 67.4 Å². The van der Waals surface area contributed by atoms with Crippen LogP contribution in [0.25, 0.3) is 11.3 Å². The van der Waals surface area contributed by atoms with Gasteiger partial charge >= 0.3 is 5.97 Å². The van der Waals surface area contributed by atoms with Gasteiger partial charge in [-0.25, -0.2) is 4.79 Å². The molecule has 2 N–H and O–H groups in total. The fraction of sp³-hybridized carbons (Fsp3) is 0.292. The van der Waals surface area contributed by atoms with Crippen molar-refractivity contribution >= 4 is 11.9 Å². The maximum Gasteiger partial charge on any atom is 0.330 e. The molecule has 3 aromatic rings. The predicted molar refractivity (Wildman–Crippen MR) is 120 cm³/mol. The molecule has 2 aromatic carbocycles. The fourth-order valence-electron chi connectivity index (χ4n) is 3.46. The first-order valence-electron chi connectivity index (χ1n) is 10.2. The maximum atomic E-state index is 13.0. The van der Waals surface area contributed by atoms with Crippen molar-refractivity contribution in [2.45, 2.75) is 26.4 Å². The maximum absolute atomic E-state index is 13.0. The summed E-state index contributed by atoms with van der Waals surface area (Å²) in [5.41, 5.74) is 1.89. The minimum Gasteiger partial charge on any atom is -0.496 e. The molecule has 0 aliphatic carbocycles. The Hall–Kier alpha value is -3.81. The Bertz CT molecular complexity index is 1070. The van der Waals surface area contributed by atoms with Crippen LogP contribution in [0, 0.1) is 5.92 Å². The lowest BCUT2D eigenvalue weighted by Crippen LogP contribution is -2.34. The Morgan fingerprint density at radius 3 is 2.19 bits per heavy atom. The summed E-state index contributed by atoms with van der Waals surface area (Å²) < 4.78 is 12.8. The van der Waals surface area contributed by atoms with Crippen molar-refractivity contribution < 1.29 is 24.2 Å². The number of aromatic nitrogens is 2. The molecule has 0 unspecified atom stereocenters. The van der Waals surface area contributed by atoms with Crippen molar-refractivity contribution in [2.75, 3.05) is 14.2 Å². The van der Waals surface area contributed by atoms with E-state index in [1.807, 2.05) is 19.9 Å². The standard InChI is InChI=1S/C24H27N3O5/c1-15(2)14-27-18(21-19(31-3)11-8-12-20(21)32-4)13-17(26-27)23(28)25-22(24(29)30)16-9-6-5-7-10-16/h5-13,15,22H,14H2,1-4H3,(H,25,28)(H,29,30)/t22-/m0/s1. The Balaban J connectivity index is 2.03. The Morgan fingerprint density at radius 2 is 1.66 bits per heavy atom. The molecule has 0 aliphatic heterocycles. The number of amides is 1. The summed E-state index contributed by atoms with van der Waals surface area (Å²) in [4.78, 5) is 24.8. The molecule has 0 aliphatic rings. The summed E-state index contributed by atoms with van der Waals surface area (Å²) in [7, 11) is 3.12. The average molecular weight is 437 g/mol. The molecule has 0 radical (unpaired) electrons. The lowest BCUT2D eigenvalue weighted by Gasteiger charge is -2.15. The molecule has 0 saturated carbocycles. The van der Waals surface area contributed by atoms with Crippen LogP contribution in [-0.4, -0.2) is 41.0 Å². The molecule has 8 heteroatoms. The van der Waals surface area contributed by atoms with Crippen LogP contribution >= 0.6 is 0 Å². The summed E-state index contributed by atoms with van der Waals surface area (Å²) in [6.07, 6.45) is 0. The molecule has 0 spiro atoms. The molecule has 0 bridgehead atoms. The molecule has 1 aromatic heterocycles. The Labute approximate surface area is 186 Å². The molecule has 168 valence electrons. The van der Waals surface area contributed by atoms with Crippen molar-refractivity contribution in [3.8, 4) is 22.8 Å². The molecular formula is C24H27N3O5. The van der Waals surface area contributed by atoms with E-state index in [0.29, 0.717) is 34.9 Å². The largest absolute Gasteiger partial charge is 0.496 e. The number of benzene rings is 2. The third-order valence-corrected chi connectivity index (χ3v) is 4.89. The fourth-order valence-corrected chi connectivity index (χ4v) is 3.46. The smallest absolute Gasteiger partial charge is 0.330 e. The first kappa shape index (κ1) is 22.9. The van der Waals surface area contributed by atoms with Crippen LogP contribution in [0.4, 0.5) is 0 Å². The minimum atomic E-state index is -1.19. The summed E-state index contributed by atoms with van der Waals surface area (Å²) in [5.74, 6) is -0.333. The second-order valence-corrected chi connectivity index (χ2v) is 7.68. The number of rotatable bonds is 9. The number of carbonyl (C=O) groups excluding carboxylic acids is 1. The second kappa shape index (κ2) is 10.00. The minimum absolute atomic E-state index is 0.107. The zero-order chi connectivity index (χ0) is 23.3. The average Bonchev–Trinajstić information content (AvgIpc) is 3.19. The van der Waals surface area contributed by atoms with Crippen molar-refractivity contribution in [2.24, 2.45) is 5.92 Å². The highest BCUT2D eigenvalue weighted by Crippen LogP contribution is 2.38. The van der Waals surface area contributed by atoms with Gasteiger partial charge in [0.25, 0.3) is 5.91 Å². The second-order valence-electron chi connectivity index (χ2n) is 7.68. The monoisotopic (exact) mass is 437 g/mol. The Kier molecular flexibility index (Phi) is 7.14. The highest BCUT2D eigenvalue weighted by molar-refractivity contribution is 5.96. The van der Waals surface area contributed by atoms with Crippen molar-refractivity contribution in [3.05, 3.63) is 65.9 Å². The number of methoxy groups -OCH3 is 2. The molecule has 0 saturated heterocycles. The van der Waals surface area contributed by atoms with Crippen molar-refractivity contribution in [3.63, 3.8) is 0 Å². The molecular weight excluding hydrogens is 410 g/mol. The number of ether oxygens (including phenoxy) is 2. The highest BCUT2D eigenvalue weighted by Gasteiger charge is 2.26. The van der Waals surface area contributed by atoms with Gasteiger partial charge in [-0.2, -0.15) is 5.10 Å². The number of carboxylic acids is 1. The lowest BCUT2D eigenvalue weighted by molar-refractivity contribution is -0.139. The van der Waals surface area contributed by atoms with Crippen LogP contribution in [0.1, 0.15) is 35.9 Å². The third kappa shape index (κ3) is 4.91. The summed E-state index contributed by atoms with van der Waals surface area (Å²) >= 11 is 0. The van der Waals surface area contributed by atoms with Gasteiger partial charge in [0.15, 0.2) is 11.7 Å². The number of hydrogen-bond donors (Lipinski definition) is 2. The van der Waals surface area contributed by atoms with Gasteiger partial charge in [-0.05, 0) is 29.7 Å². The van der Waals surface area contributed by atoms with Gasteiger partial charge in [0.2, 0.25) is 0 Å². The Morgan fingerprint density at radius 1 is 1.03 bits per heavy atom. The van der Waals surface area contributed by atoms with E-state index >= 15 is 0 Å². The van der Waals surface area contributed by atoms with E-state index < -0.39 is 17.9 Å². The predicted octanol–water partition coefficient (Wildman–Crippen LogP) is 3.78. The number of nitrogens with one attached hydrogen (secondary N) is 1. The highest BCUT2D eigenvalue weighted by atomic mass is 16.5. The third-order valence-electron chi connectivity index (χ3n) is 4.89. The van der Waals surface area contributed by atoms with E-state index in [4.69, 9.17) is 9.47 Å². The van der Waals surface area contributed by atoms with E-state index in [0.717, 1.165) is 0 Å². The zero-order valence-corrected chi connectivity index (χ0v) is 18.5. The zero-order valence-electron chi connectivity index (χ0n) is 18.5. The van der Waals surface area contributed by atoms with Gasteiger partial charge in [-0.15, -0.1) is 0 Å². The van der Waals surface area contributed by atoms with E-state index in [9.17, 15) is 14.7 Å². The van der Waals surface area contributed by atoms with Gasteiger partial charge in [0.1, 0.15) is 11.5 Å². The molecule has 0 fully saturated rings. The van der Waals surface area contributed by atoms with Crippen LogP contribution in [0.5, 0.6) is 11.5 Å². The van der Waals surface area contributed by atoms with Crippen LogP contribution in [-0.2, 0) is 11.3 Å². The molecule has 8 nitrogen and oxygen atoms in total. The molecule has 1 heterocycles. The lowest BCUT2D eigenvalue weighted by atomic mass is 10.1. The van der Waals surface area contributed by atoms with Crippen LogP contribution in [0.2, 0.25) is 0 Å². The van der Waals surface area contributed by atoms with E-state index in [-0.39, 0.29) is 11.6 Å². The number of hydrogen-bond acceptors (Lipinski definition) is 5. The van der Waals surface area contributed by atoms with Crippen molar-refractivity contribution in [1.82, 2.24) is 15.1 Å². The van der Waals surface area contributed by atoms with Gasteiger partial charge < -0.3 is 19.9 Å². The number of carbonyl (C=O) groups is 2. The SMILES string of the molecule is COc1cccc(OC)c1-c1cc(C(=O)N[C@H](C(=O)O)c2ccccc2)nn1CC(C)C. The van der Waals surface area contributed by atoms with Gasteiger partial charge in [0.05, 0.1) is 25.5 Å². The van der Waals surface area contributed by atoms with E-state index in [2.05, 4.69) is 10.4 Å². The first-order valence-corrected chi connectivity index (χ1v) is 10.2. The van der Waals surface area contributed by atoms with Gasteiger partial charge in [-0.3, -0.25) is 9.48 Å². The molecule has 3 rings (SSSR count). The van der Waals surface area contributed by atoms with Crippen LogP contribution in [0.15, 0.2) is 54.6 Å². The number of aliphatic carboxylic acids is 1. The topological polar surface area (TPSA) is 103 Å². The van der Waals surface area contributed by atoms with E-state index in [1.165, 1.54) is 0 Å². The van der Waals surface area contributed by atoms with Crippen LogP contribution in [0.3, 0.4) is 0 Å². The van der Waals surface area contributed by atoms with Crippen LogP contribution < -0.4 is 14.8 Å². The van der Waals surface area contributed by atoms with Gasteiger partial charge in [-0.1, -0.05) is 50.2 Å². The molecule has 1 amide bonds. The number of carboxylic acid groups (broad SMARTS) is 1. The first-order chi connectivity index (χ1) is 15.3. The summed E-state index contributed by atoms with van der Waals surface area (Å²) in [6.45, 7) is 4.63. The molecule has 1 atom stereocenters. The van der Waals surface area contributed by atoms with Crippen molar-refractivity contribution in [1.29, 1.82) is 0 Å². The molecule has 32 heavy (non-hydrogen) atoms. The number of nitrogens with zero attached hydrogens (tertiary/aromatic N) is 2. The normalized spacial score (nSPS) is 11.8. The summed E-state index contributed by atoms with van der Waals surface area (Å²) in [6, 6.07) is 14.4. The quantitative estimate of drug-likeness (QED) is 0.528.